The summed E-state index contributed by atoms with van der Waals surface area (Å²) in [6.07, 6.45) is 4.59. The van der Waals surface area contributed by atoms with Crippen molar-refractivity contribution in [3.63, 3.8) is 0 Å². The van der Waals surface area contributed by atoms with Crippen LogP contribution in [0.25, 0.3) is 0 Å². The van der Waals surface area contributed by atoms with Gasteiger partial charge in [0.25, 0.3) is 0 Å². The fraction of sp³-hybridized carbons (Fsp3) is 0.529. The lowest BCUT2D eigenvalue weighted by molar-refractivity contribution is -0.119. The van der Waals surface area contributed by atoms with Gasteiger partial charge in [0.2, 0.25) is 5.91 Å². The highest BCUT2D eigenvalue weighted by Gasteiger charge is 2.22. The standard InChI is InChI=1S/C17H25N3O3/c1-12-6-3-4-9-15(12)20-17(22)19-14-8-5-7-13(10-14)18-16(21)11-23-2/h5,7-8,10,12,15H,3-4,6,9,11H2,1-2H3,(H,18,21)(H2,19,20,22)/t12-,15-/m0/s1. The van der Waals surface area contributed by atoms with E-state index in [1.807, 2.05) is 0 Å². The molecule has 3 N–H and O–H groups in total. The first-order valence-electron chi connectivity index (χ1n) is 8.05. The molecular weight excluding hydrogens is 294 g/mol. The molecule has 0 aliphatic heterocycles. The summed E-state index contributed by atoms with van der Waals surface area (Å²) in [4.78, 5) is 23.6. The first-order chi connectivity index (χ1) is 11.1. The largest absolute Gasteiger partial charge is 0.375 e. The van der Waals surface area contributed by atoms with E-state index in [0.717, 1.165) is 19.3 Å². The first kappa shape index (κ1) is 17.3. The number of ether oxygens (including phenoxy) is 1. The highest BCUT2D eigenvalue weighted by molar-refractivity contribution is 5.94. The van der Waals surface area contributed by atoms with Crippen molar-refractivity contribution in [2.75, 3.05) is 24.4 Å². The smallest absolute Gasteiger partial charge is 0.319 e. The van der Waals surface area contributed by atoms with E-state index < -0.39 is 0 Å². The molecule has 6 heteroatoms. The predicted octanol–water partition coefficient (Wildman–Crippen LogP) is 2.97. The molecule has 3 amide bonds. The number of benzene rings is 1. The summed E-state index contributed by atoms with van der Waals surface area (Å²) >= 11 is 0. The lowest BCUT2D eigenvalue weighted by Gasteiger charge is -2.29. The number of amides is 3. The zero-order chi connectivity index (χ0) is 16.7. The molecule has 1 aromatic carbocycles. The Labute approximate surface area is 137 Å². The molecule has 1 fully saturated rings. The minimum absolute atomic E-state index is 0.00227. The Kier molecular flexibility index (Phi) is 6.40. The van der Waals surface area contributed by atoms with Crippen molar-refractivity contribution >= 4 is 23.3 Å². The normalized spacial score (nSPS) is 20.6. The van der Waals surface area contributed by atoms with Crippen molar-refractivity contribution in [3.8, 4) is 0 Å². The van der Waals surface area contributed by atoms with Gasteiger partial charge in [-0.3, -0.25) is 4.79 Å². The van der Waals surface area contributed by atoms with Crippen LogP contribution in [0, 0.1) is 5.92 Å². The highest BCUT2D eigenvalue weighted by Crippen LogP contribution is 2.24. The van der Waals surface area contributed by atoms with Gasteiger partial charge in [-0.1, -0.05) is 25.8 Å². The van der Waals surface area contributed by atoms with Crippen LogP contribution in [-0.4, -0.2) is 31.7 Å². The Bertz CT molecular complexity index is 548. The van der Waals surface area contributed by atoms with Gasteiger partial charge in [0.15, 0.2) is 0 Å². The van der Waals surface area contributed by atoms with Crippen molar-refractivity contribution in [3.05, 3.63) is 24.3 Å². The van der Waals surface area contributed by atoms with Gasteiger partial charge in [0.1, 0.15) is 6.61 Å². The second-order valence-corrected chi connectivity index (χ2v) is 6.03. The van der Waals surface area contributed by atoms with Crippen LogP contribution >= 0.6 is 0 Å². The number of carbonyl (C=O) groups excluding carboxylic acids is 2. The minimum Gasteiger partial charge on any atom is -0.375 e. The lowest BCUT2D eigenvalue weighted by atomic mass is 9.86. The molecule has 1 aliphatic rings. The minimum atomic E-state index is -0.231. The molecular formula is C17H25N3O3. The fourth-order valence-electron chi connectivity index (χ4n) is 2.87. The third-order valence-corrected chi connectivity index (χ3v) is 4.11. The van der Waals surface area contributed by atoms with E-state index in [9.17, 15) is 9.59 Å². The van der Waals surface area contributed by atoms with Crippen LogP contribution in [0.15, 0.2) is 24.3 Å². The van der Waals surface area contributed by atoms with Gasteiger partial charge in [0, 0.05) is 24.5 Å². The average Bonchev–Trinajstić information content (AvgIpc) is 2.50. The third-order valence-electron chi connectivity index (χ3n) is 4.11. The topological polar surface area (TPSA) is 79.5 Å². The van der Waals surface area contributed by atoms with E-state index in [1.54, 1.807) is 24.3 Å². The number of urea groups is 1. The number of hydrogen-bond donors (Lipinski definition) is 3. The van der Waals surface area contributed by atoms with Crippen molar-refractivity contribution in [1.82, 2.24) is 5.32 Å². The maximum atomic E-state index is 12.1. The number of rotatable bonds is 5. The monoisotopic (exact) mass is 319 g/mol. The van der Waals surface area contributed by atoms with Crippen LogP contribution in [0.4, 0.5) is 16.2 Å². The van der Waals surface area contributed by atoms with Gasteiger partial charge < -0.3 is 20.7 Å². The van der Waals surface area contributed by atoms with Crippen molar-refractivity contribution in [2.24, 2.45) is 5.92 Å². The van der Waals surface area contributed by atoms with Crippen LogP contribution in [0.5, 0.6) is 0 Å². The highest BCUT2D eigenvalue weighted by atomic mass is 16.5. The molecule has 1 aromatic rings. The van der Waals surface area contributed by atoms with E-state index in [4.69, 9.17) is 4.74 Å². The molecule has 0 saturated heterocycles. The number of methoxy groups -OCH3 is 1. The molecule has 6 nitrogen and oxygen atoms in total. The zero-order valence-electron chi connectivity index (χ0n) is 13.7. The summed E-state index contributed by atoms with van der Waals surface area (Å²) < 4.78 is 4.77. The molecule has 0 radical (unpaired) electrons. The predicted molar refractivity (Wildman–Crippen MR) is 90.5 cm³/mol. The Balaban J connectivity index is 1.89. The molecule has 0 bridgehead atoms. The van der Waals surface area contributed by atoms with Crippen LogP contribution in [0.3, 0.4) is 0 Å². The Hall–Kier alpha value is -2.08. The number of anilines is 2. The molecule has 0 unspecified atom stereocenters. The summed E-state index contributed by atoms with van der Waals surface area (Å²) in [5.74, 6) is 0.277. The zero-order valence-corrected chi connectivity index (χ0v) is 13.7. The molecule has 126 valence electrons. The van der Waals surface area contributed by atoms with Gasteiger partial charge >= 0.3 is 6.03 Å². The molecule has 0 heterocycles. The number of carbonyl (C=O) groups is 2. The van der Waals surface area contributed by atoms with Crippen molar-refractivity contribution in [2.45, 2.75) is 38.6 Å². The molecule has 0 aromatic heterocycles. The average molecular weight is 319 g/mol. The first-order valence-corrected chi connectivity index (χ1v) is 8.05. The molecule has 2 rings (SSSR count). The van der Waals surface area contributed by atoms with E-state index in [1.165, 1.54) is 13.5 Å². The van der Waals surface area contributed by atoms with Gasteiger partial charge in [-0.25, -0.2) is 4.79 Å². The van der Waals surface area contributed by atoms with Gasteiger partial charge in [-0.05, 0) is 37.0 Å². The lowest BCUT2D eigenvalue weighted by Crippen LogP contribution is -2.43. The Morgan fingerprint density at radius 2 is 1.87 bits per heavy atom. The maximum Gasteiger partial charge on any atom is 0.319 e. The van der Waals surface area contributed by atoms with Crippen molar-refractivity contribution in [1.29, 1.82) is 0 Å². The fourth-order valence-corrected chi connectivity index (χ4v) is 2.87. The molecule has 23 heavy (non-hydrogen) atoms. The third kappa shape index (κ3) is 5.56. The Morgan fingerprint density at radius 3 is 2.57 bits per heavy atom. The van der Waals surface area contributed by atoms with Crippen LogP contribution in [-0.2, 0) is 9.53 Å². The van der Waals surface area contributed by atoms with E-state index in [0.29, 0.717) is 17.3 Å². The summed E-state index contributed by atoms with van der Waals surface area (Å²) in [5, 5.41) is 8.57. The van der Waals surface area contributed by atoms with Crippen LogP contribution in [0.1, 0.15) is 32.6 Å². The second kappa shape index (κ2) is 8.53. The SMILES string of the molecule is COCC(=O)Nc1cccc(NC(=O)N[C@H]2CCCC[C@@H]2C)c1. The van der Waals surface area contributed by atoms with Gasteiger partial charge in [-0.15, -0.1) is 0 Å². The summed E-state index contributed by atoms with van der Waals surface area (Å²) in [6, 6.07) is 7.08. The molecule has 1 saturated carbocycles. The number of nitrogens with one attached hydrogen (secondary N) is 3. The van der Waals surface area contributed by atoms with Gasteiger partial charge in [-0.2, -0.15) is 0 Å². The molecule has 1 aliphatic carbocycles. The summed E-state index contributed by atoms with van der Waals surface area (Å²) in [6.45, 7) is 2.17. The summed E-state index contributed by atoms with van der Waals surface area (Å²) in [7, 11) is 1.47. The summed E-state index contributed by atoms with van der Waals surface area (Å²) in [5.41, 5.74) is 1.26. The Morgan fingerprint density at radius 1 is 1.17 bits per heavy atom. The van der Waals surface area contributed by atoms with Crippen molar-refractivity contribution < 1.29 is 14.3 Å². The van der Waals surface area contributed by atoms with E-state index in [2.05, 4.69) is 22.9 Å². The van der Waals surface area contributed by atoms with Crippen LogP contribution in [0.2, 0.25) is 0 Å². The number of hydrogen-bond acceptors (Lipinski definition) is 3. The molecule has 0 spiro atoms. The van der Waals surface area contributed by atoms with Crippen LogP contribution < -0.4 is 16.0 Å². The van der Waals surface area contributed by atoms with E-state index in [-0.39, 0.29) is 24.6 Å². The second-order valence-electron chi connectivity index (χ2n) is 6.03. The maximum absolute atomic E-state index is 12.1. The molecule has 2 atom stereocenters. The van der Waals surface area contributed by atoms with Gasteiger partial charge in [0.05, 0.1) is 0 Å². The quantitative estimate of drug-likeness (QED) is 0.780. The van der Waals surface area contributed by atoms with E-state index >= 15 is 0 Å².